The van der Waals surface area contributed by atoms with Crippen molar-refractivity contribution in [3.05, 3.63) is 11.1 Å². The highest BCUT2D eigenvalue weighted by atomic mass is 16.7. The molecule has 27 heavy (non-hydrogen) atoms. The molecule has 0 radical (unpaired) electrons. The Labute approximate surface area is 156 Å². The minimum absolute atomic E-state index is 0.0125. The number of hydrogen-bond donors (Lipinski definition) is 1. The zero-order chi connectivity index (χ0) is 18.6. The average Bonchev–Trinajstić information content (AvgIpc) is 3.54. The van der Waals surface area contributed by atoms with E-state index >= 15 is 0 Å². The van der Waals surface area contributed by atoms with Gasteiger partial charge < -0.3 is 24.1 Å². The Morgan fingerprint density at radius 1 is 1.19 bits per heavy atom. The quantitative estimate of drug-likeness (QED) is 0.547. The lowest BCUT2D eigenvalue weighted by Crippen LogP contribution is -2.69. The lowest BCUT2D eigenvalue weighted by Gasteiger charge is -2.52. The van der Waals surface area contributed by atoms with Gasteiger partial charge in [-0.2, -0.15) is 0 Å². The number of aliphatic hydroxyl groups is 1. The van der Waals surface area contributed by atoms with E-state index in [1.54, 1.807) is 0 Å². The number of carbonyl (C=O) groups is 2. The average molecular weight is 374 g/mol. The zero-order valence-corrected chi connectivity index (χ0v) is 15.3. The van der Waals surface area contributed by atoms with Gasteiger partial charge in [0.25, 0.3) is 0 Å². The summed E-state index contributed by atoms with van der Waals surface area (Å²) in [7, 11) is 0. The summed E-state index contributed by atoms with van der Waals surface area (Å²) < 4.78 is 23.9. The lowest BCUT2D eigenvalue weighted by molar-refractivity contribution is -0.143. The van der Waals surface area contributed by atoms with Crippen LogP contribution in [0.25, 0.3) is 0 Å². The second-order valence-electron chi connectivity index (χ2n) is 9.61. The van der Waals surface area contributed by atoms with E-state index in [1.807, 2.05) is 13.8 Å². The van der Waals surface area contributed by atoms with Crippen LogP contribution in [0.4, 0.5) is 0 Å². The second kappa shape index (κ2) is 4.03. The summed E-state index contributed by atoms with van der Waals surface area (Å²) in [6, 6.07) is 0. The van der Waals surface area contributed by atoms with Gasteiger partial charge in [-0.05, 0) is 36.7 Å². The van der Waals surface area contributed by atoms with Crippen molar-refractivity contribution < 1.29 is 33.6 Å². The van der Waals surface area contributed by atoms with Gasteiger partial charge in [-0.15, -0.1) is 0 Å². The maximum atomic E-state index is 13.7. The van der Waals surface area contributed by atoms with Crippen molar-refractivity contribution in [2.75, 3.05) is 13.2 Å². The Morgan fingerprint density at radius 2 is 2.00 bits per heavy atom. The Balaban J connectivity index is 1.41. The van der Waals surface area contributed by atoms with E-state index < -0.39 is 22.2 Å². The molecule has 4 heterocycles. The van der Waals surface area contributed by atoms with Gasteiger partial charge >= 0.3 is 5.97 Å². The molecule has 0 aromatic rings. The van der Waals surface area contributed by atoms with Crippen molar-refractivity contribution in [1.82, 2.24) is 0 Å². The van der Waals surface area contributed by atoms with E-state index in [1.165, 1.54) is 0 Å². The fourth-order valence-corrected chi connectivity index (χ4v) is 7.48. The Bertz CT molecular complexity index is 878. The largest absolute Gasteiger partial charge is 0.458 e. The number of cyclic esters (lactones) is 1. The molecule has 1 N–H and O–H groups in total. The summed E-state index contributed by atoms with van der Waals surface area (Å²) in [5.74, 6) is -0.222. The molecule has 7 heteroatoms. The molecule has 0 aromatic carbocycles. The monoisotopic (exact) mass is 374 g/mol. The van der Waals surface area contributed by atoms with E-state index in [2.05, 4.69) is 0 Å². The molecule has 8 atom stereocenters. The molecular weight excluding hydrogens is 352 g/mol. The van der Waals surface area contributed by atoms with Crippen molar-refractivity contribution >= 4 is 11.8 Å². The maximum absolute atomic E-state index is 13.7. The normalized spacial score (nSPS) is 58.5. The first-order valence-electron chi connectivity index (χ1n) is 9.99. The maximum Gasteiger partial charge on any atom is 0.334 e. The highest BCUT2D eigenvalue weighted by Crippen LogP contribution is 2.81. The van der Waals surface area contributed by atoms with Crippen LogP contribution in [0.5, 0.6) is 0 Å². The van der Waals surface area contributed by atoms with Gasteiger partial charge in [-0.25, -0.2) is 4.79 Å². The van der Waals surface area contributed by atoms with Crippen LogP contribution in [0.2, 0.25) is 0 Å². The minimum atomic E-state index is -0.990. The number of carbonyl (C=O) groups excluding carboxylic acids is 2. The number of aliphatic hydroxyl groups excluding tert-OH is 1. The van der Waals surface area contributed by atoms with E-state index in [0.717, 1.165) is 11.1 Å². The standard InChI is InChI=1S/C20H22O7/c1-8(2)18-13(26-18)14-20(27-14)17(7-21)4-3-9-10(6-24-15(9)22)11(17)5-12-19(20,25-12)16(18)23/h8,11-14,21H,3-7H2,1-2H3/t11-,12-,13+,14-,17+,18-,19+,20+/m0/s1. The summed E-state index contributed by atoms with van der Waals surface area (Å²) in [6.07, 6.45) is 1.07. The first-order chi connectivity index (χ1) is 12.9. The molecule has 2 saturated carbocycles. The fraction of sp³-hybridized carbons (Fsp3) is 0.800. The highest BCUT2D eigenvalue weighted by molar-refractivity contribution is 6.05. The van der Waals surface area contributed by atoms with Crippen molar-refractivity contribution in [2.24, 2.45) is 17.3 Å². The molecular formula is C20H22O7. The summed E-state index contributed by atoms with van der Waals surface area (Å²) in [4.78, 5) is 25.8. The Morgan fingerprint density at radius 3 is 2.74 bits per heavy atom. The number of fused-ring (bicyclic) bond motifs is 4. The molecule has 5 fully saturated rings. The molecule has 7 rings (SSSR count). The van der Waals surface area contributed by atoms with Crippen LogP contribution >= 0.6 is 0 Å². The molecule has 0 amide bonds. The third kappa shape index (κ3) is 1.23. The predicted octanol–water partition coefficient (Wildman–Crippen LogP) is 0.284. The second-order valence-corrected chi connectivity index (χ2v) is 9.61. The lowest BCUT2D eigenvalue weighted by atomic mass is 9.46. The SMILES string of the molecule is CC(C)[C@]12O[C@@H]1[C@@H]1O[C@@]13[C@@]1(CO)CCC4=C(COC4=O)[C@@H]1C[C@@H]1O[C@@]13C2=O. The third-order valence-corrected chi connectivity index (χ3v) is 8.82. The van der Waals surface area contributed by atoms with E-state index in [9.17, 15) is 14.7 Å². The Kier molecular flexibility index (Phi) is 2.33. The molecule has 0 unspecified atom stereocenters. The summed E-state index contributed by atoms with van der Waals surface area (Å²) in [5, 5.41) is 10.7. The van der Waals surface area contributed by atoms with Crippen LogP contribution in [-0.4, -0.2) is 65.2 Å². The zero-order valence-electron chi connectivity index (χ0n) is 15.3. The number of ketones is 1. The number of ether oxygens (including phenoxy) is 4. The third-order valence-electron chi connectivity index (χ3n) is 8.82. The van der Waals surface area contributed by atoms with Gasteiger partial charge in [0.2, 0.25) is 5.78 Å². The predicted molar refractivity (Wildman–Crippen MR) is 87.5 cm³/mol. The van der Waals surface area contributed by atoms with Crippen LogP contribution in [0.1, 0.15) is 33.1 Å². The first kappa shape index (κ1) is 15.6. The summed E-state index contributed by atoms with van der Waals surface area (Å²) in [5.41, 5.74) is -1.50. The highest BCUT2D eigenvalue weighted by Gasteiger charge is 3.01. The molecule has 144 valence electrons. The minimum Gasteiger partial charge on any atom is -0.458 e. The van der Waals surface area contributed by atoms with Crippen LogP contribution in [0.15, 0.2) is 11.1 Å². The van der Waals surface area contributed by atoms with Gasteiger partial charge in [0.1, 0.15) is 24.4 Å². The molecule has 2 spiro atoms. The number of epoxide rings is 3. The van der Waals surface area contributed by atoms with Crippen LogP contribution in [0, 0.1) is 17.3 Å². The van der Waals surface area contributed by atoms with E-state index in [-0.39, 0.29) is 55.1 Å². The van der Waals surface area contributed by atoms with Crippen molar-refractivity contribution in [3.63, 3.8) is 0 Å². The van der Waals surface area contributed by atoms with Gasteiger partial charge in [0, 0.05) is 11.0 Å². The molecule has 0 bridgehead atoms. The number of hydrogen-bond acceptors (Lipinski definition) is 7. The Hall–Kier alpha value is -1.28. The summed E-state index contributed by atoms with van der Waals surface area (Å²) >= 11 is 0. The smallest absolute Gasteiger partial charge is 0.334 e. The molecule has 3 saturated heterocycles. The van der Waals surface area contributed by atoms with Crippen molar-refractivity contribution in [1.29, 1.82) is 0 Å². The summed E-state index contributed by atoms with van der Waals surface area (Å²) in [6.45, 7) is 4.21. The van der Waals surface area contributed by atoms with Crippen molar-refractivity contribution in [2.45, 2.75) is 68.2 Å². The number of rotatable bonds is 2. The van der Waals surface area contributed by atoms with Gasteiger partial charge in [0.15, 0.2) is 11.2 Å². The molecule has 7 aliphatic rings. The van der Waals surface area contributed by atoms with Crippen LogP contribution < -0.4 is 0 Å². The van der Waals surface area contributed by atoms with E-state index in [4.69, 9.17) is 18.9 Å². The number of esters is 1. The fourth-order valence-electron chi connectivity index (χ4n) is 7.48. The van der Waals surface area contributed by atoms with Crippen molar-refractivity contribution in [3.8, 4) is 0 Å². The number of Topliss-reactive ketones (excluding diaryl/α,β-unsaturated/α-hetero) is 1. The van der Waals surface area contributed by atoms with E-state index in [0.29, 0.717) is 19.3 Å². The topological polar surface area (TPSA) is 101 Å². The molecule has 7 nitrogen and oxygen atoms in total. The molecule has 0 aromatic heterocycles. The molecule has 4 aliphatic heterocycles. The first-order valence-corrected chi connectivity index (χ1v) is 9.99. The van der Waals surface area contributed by atoms with Crippen LogP contribution in [-0.2, 0) is 28.5 Å². The van der Waals surface area contributed by atoms with Gasteiger partial charge in [-0.3, -0.25) is 4.79 Å². The molecule has 3 aliphatic carbocycles. The van der Waals surface area contributed by atoms with Gasteiger partial charge in [-0.1, -0.05) is 13.8 Å². The van der Waals surface area contributed by atoms with Crippen LogP contribution in [0.3, 0.4) is 0 Å². The van der Waals surface area contributed by atoms with Gasteiger partial charge in [0.05, 0.1) is 12.7 Å².